The van der Waals surface area contributed by atoms with Crippen molar-refractivity contribution in [3.63, 3.8) is 0 Å². The monoisotopic (exact) mass is 354 g/mol. The molecule has 0 aromatic heterocycles. The first-order chi connectivity index (χ1) is 11.9. The summed E-state index contributed by atoms with van der Waals surface area (Å²) in [5.41, 5.74) is 7.33. The van der Waals surface area contributed by atoms with Crippen LogP contribution in [0.4, 0.5) is 0 Å². The van der Waals surface area contributed by atoms with Gasteiger partial charge in [-0.05, 0) is 56.4 Å². The van der Waals surface area contributed by atoms with Crippen LogP contribution in [0.2, 0.25) is 0 Å². The molecule has 1 amide bonds. The molecule has 0 spiro atoms. The molecule has 0 atom stereocenters. The van der Waals surface area contributed by atoms with Crippen LogP contribution in [0.15, 0.2) is 54.6 Å². The molecule has 1 aliphatic rings. The lowest BCUT2D eigenvalue weighted by Gasteiger charge is -2.37. The van der Waals surface area contributed by atoms with Crippen LogP contribution in [0.3, 0.4) is 0 Å². The number of rotatable bonds is 4. The van der Waals surface area contributed by atoms with Gasteiger partial charge in [-0.2, -0.15) is 0 Å². The number of hydrogen-bond acceptors (Lipinski definition) is 2. The highest BCUT2D eigenvalue weighted by molar-refractivity contribution is 5.87. The molecule has 0 saturated heterocycles. The Labute approximate surface area is 158 Å². The third-order valence-electron chi connectivity index (χ3n) is 4.89. The van der Waals surface area contributed by atoms with Crippen molar-refractivity contribution in [1.29, 1.82) is 0 Å². The normalized spacial score (nSPS) is 14.8. The number of nitrogens with zero attached hydrogens (tertiary/aromatic N) is 1. The molecule has 2 aromatic rings. The van der Waals surface area contributed by atoms with Gasteiger partial charge in [-0.15, -0.1) is 0 Å². The Bertz CT molecular complexity index is 732. The van der Waals surface area contributed by atoms with Gasteiger partial charge in [0, 0.05) is 19.1 Å². The molecule has 26 heavy (non-hydrogen) atoms. The Morgan fingerprint density at radius 1 is 1.19 bits per heavy atom. The van der Waals surface area contributed by atoms with Crippen molar-refractivity contribution in [1.82, 2.24) is 4.90 Å². The minimum Gasteiger partial charge on any atom is -0.343 e. The zero-order valence-corrected chi connectivity index (χ0v) is 15.7. The maximum absolute atomic E-state index is 11.4. The summed E-state index contributed by atoms with van der Waals surface area (Å²) in [4.78, 5) is 13.0. The summed E-state index contributed by atoms with van der Waals surface area (Å²) in [6.45, 7) is 4.82. The molecule has 2 aromatic carbocycles. The first-order valence-corrected chi connectivity index (χ1v) is 9.09. The molecule has 142 valence electrons. The van der Waals surface area contributed by atoms with E-state index in [0.29, 0.717) is 0 Å². The number of amides is 1. The molecule has 0 aliphatic heterocycles. The molecule has 0 heterocycles. The third kappa shape index (κ3) is 6.30. The molecule has 3 rings (SSSR count). The van der Waals surface area contributed by atoms with E-state index in [1.807, 2.05) is 13.0 Å². The first kappa shape index (κ1) is 21.9. The molecular formula is C23H34N2O. The fourth-order valence-electron chi connectivity index (χ4n) is 2.82. The van der Waals surface area contributed by atoms with E-state index in [2.05, 4.69) is 49.4 Å². The fraction of sp³-hybridized carbons (Fsp3) is 0.435. The molecule has 0 bridgehead atoms. The Kier molecular flexibility index (Phi) is 8.53. The van der Waals surface area contributed by atoms with Gasteiger partial charge in [0.1, 0.15) is 0 Å². The Balaban J connectivity index is 0.000000256. The van der Waals surface area contributed by atoms with Crippen LogP contribution in [-0.2, 0) is 4.79 Å². The lowest BCUT2D eigenvalue weighted by atomic mass is 9.75. The minimum absolute atomic E-state index is 0. The van der Waals surface area contributed by atoms with E-state index in [-0.39, 0.29) is 18.9 Å². The predicted molar refractivity (Wildman–Crippen MR) is 113 cm³/mol. The fourth-order valence-corrected chi connectivity index (χ4v) is 2.82. The number of carbonyl (C=O) groups excluding carboxylic acids is 1. The summed E-state index contributed by atoms with van der Waals surface area (Å²) in [6, 6.07) is 14.9. The standard InChI is InChI=1S/C11H20N2O.C11H10.CH4/c1-3-13(2)10(14)6-4-7-11(12)8-5-9-11;1-9-6-7-10-4-2-3-5-11(10)8-9;/h4,6H,3,5,7-9,12H2,1-2H3;2-8H,1H3;1H4/b6-4+;;. The zero-order valence-electron chi connectivity index (χ0n) is 15.7. The lowest BCUT2D eigenvalue weighted by Crippen LogP contribution is -2.45. The van der Waals surface area contributed by atoms with E-state index < -0.39 is 0 Å². The largest absolute Gasteiger partial charge is 0.343 e. The Morgan fingerprint density at radius 3 is 2.42 bits per heavy atom. The number of likely N-dealkylation sites (N-methyl/N-ethyl adjacent to an activating group) is 1. The van der Waals surface area contributed by atoms with Crippen LogP contribution in [0.1, 0.15) is 45.6 Å². The van der Waals surface area contributed by atoms with Crippen molar-refractivity contribution < 1.29 is 4.79 Å². The Morgan fingerprint density at radius 2 is 1.85 bits per heavy atom. The van der Waals surface area contributed by atoms with Crippen LogP contribution in [-0.4, -0.2) is 29.9 Å². The van der Waals surface area contributed by atoms with Gasteiger partial charge in [0.2, 0.25) is 5.91 Å². The smallest absolute Gasteiger partial charge is 0.245 e. The van der Waals surface area contributed by atoms with Gasteiger partial charge in [-0.25, -0.2) is 0 Å². The summed E-state index contributed by atoms with van der Waals surface area (Å²) < 4.78 is 0. The van der Waals surface area contributed by atoms with Gasteiger partial charge in [0.25, 0.3) is 0 Å². The van der Waals surface area contributed by atoms with Gasteiger partial charge in [0.05, 0.1) is 0 Å². The predicted octanol–water partition coefficient (Wildman–Crippen LogP) is 5.08. The van der Waals surface area contributed by atoms with Crippen molar-refractivity contribution in [2.75, 3.05) is 13.6 Å². The lowest BCUT2D eigenvalue weighted by molar-refractivity contribution is -0.124. The van der Waals surface area contributed by atoms with Gasteiger partial charge in [-0.1, -0.05) is 61.5 Å². The van der Waals surface area contributed by atoms with Crippen molar-refractivity contribution in [3.8, 4) is 0 Å². The summed E-state index contributed by atoms with van der Waals surface area (Å²) >= 11 is 0. The number of benzene rings is 2. The van der Waals surface area contributed by atoms with E-state index in [1.54, 1.807) is 18.0 Å². The van der Waals surface area contributed by atoms with Gasteiger partial charge < -0.3 is 10.6 Å². The first-order valence-electron chi connectivity index (χ1n) is 9.09. The summed E-state index contributed by atoms with van der Waals surface area (Å²) in [6.07, 6.45) is 7.79. The van der Waals surface area contributed by atoms with Crippen LogP contribution in [0.25, 0.3) is 10.8 Å². The second-order valence-corrected chi connectivity index (χ2v) is 7.03. The second-order valence-electron chi connectivity index (χ2n) is 7.03. The Hall–Kier alpha value is -2.13. The molecular weight excluding hydrogens is 320 g/mol. The summed E-state index contributed by atoms with van der Waals surface area (Å²) in [5, 5.41) is 2.64. The van der Waals surface area contributed by atoms with E-state index >= 15 is 0 Å². The van der Waals surface area contributed by atoms with E-state index in [0.717, 1.165) is 25.8 Å². The number of fused-ring (bicyclic) bond motifs is 1. The topological polar surface area (TPSA) is 46.3 Å². The van der Waals surface area contributed by atoms with E-state index in [4.69, 9.17) is 5.73 Å². The van der Waals surface area contributed by atoms with Crippen molar-refractivity contribution >= 4 is 16.7 Å². The van der Waals surface area contributed by atoms with Gasteiger partial charge >= 0.3 is 0 Å². The SMILES string of the molecule is C.CCN(C)C(=O)/C=C/CC1(N)CCC1.Cc1ccc2ccccc2c1. The molecule has 3 heteroatoms. The summed E-state index contributed by atoms with van der Waals surface area (Å²) in [5.74, 6) is 0.0652. The number of aryl methyl sites for hydroxylation is 1. The third-order valence-corrected chi connectivity index (χ3v) is 4.89. The molecule has 1 saturated carbocycles. The number of carbonyl (C=O) groups is 1. The summed E-state index contributed by atoms with van der Waals surface area (Å²) in [7, 11) is 1.80. The molecule has 1 fully saturated rings. The molecule has 3 nitrogen and oxygen atoms in total. The molecule has 1 aliphatic carbocycles. The maximum atomic E-state index is 11.4. The maximum Gasteiger partial charge on any atom is 0.245 e. The molecule has 0 radical (unpaired) electrons. The van der Waals surface area contributed by atoms with Crippen LogP contribution < -0.4 is 5.73 Å². The highest BCUT2D eigenvalue weighted by Gasteiger charge is 2.30. The highest BCUT2D eigenvalue weighted by atomic mass is 16.2. The quantitative estimate of drug-likeness (QED) is 0.779. The van der Waals surface area contributed by atoms with E-state index in [9.17, 15) is 4.79 Å². The molecule has 0 unspecified atom stereocenters. The van der Waals surface area contributed by atoms with Crippen molar-refractivity contribution in [2.24, 2.45) is 5.73 Å². The van der Waals surface area contributed by atoms with E-state index in [1.165, 1.54) is 22.8 Å². The average Bonchev–Trinajstić information content (AvgIpc) is 2.59. The number of nitrogens with two attached hydrogens (primary N) is 1. The zero-order chi connectivity index (χ0) is 18.3. The van der Waals surface area contributed by atoms with Crippen LogP contribution >= 0.6 is 0 Å². The van der Waals surface area contributed by atoms with Crippen molar-refractivity contribution in [3.05, 3.63) is 60.2 Å². The average molecular weight is 355 g/mol. The second kappa shape index (κ2) is 10.1. The van der Waals surface area contributed by atoms with Crippen LogP contribution in [0, 0.1) is 6.92 Å². The van der Waals surface area contributed by atoms with Gasteiger partial charge in [0.15, 0.2) is 0 Å². The molecule has 2 N–H and O–H groups in total. The minimum atomic E-state index is -0.0123. The van der Waals surface area contributed by atoms with Gasteiger partial charge in [-0.3, -0.25) is 4.79 Å². The van der Waals surface area contributed by atoms with Crippen LogP contribution in [0.5, 0.6) is 0 Å². The number of hydrogen-bond donors (Lipinski definition) is 1. The van der Waals surface area contributed by atoms with Crippen molar-refractivity contribution in [2.45, 2.75) is 52.5 Å². The highest BCUT2D eigenvalue weighted by Crippen LogP contribution is 2.32.